The molecule has 3 rings (SSSR count). The van der Waals surface area contributed by atoms with Crippen LogP contribution in [-0.2, 0) is 6.42 Å². The molecule has 5 heteroatoms. The van der Waals surface area contributed by atoms with Crippen molar-refractivity contribution in [3.8, 4) is 0 Å². The maximum Gasteiger partial charge on any atom is 0.272 e. The summed E-state index contributed by atoms with van der Waals surface area (Å²) in [6.45, 7) is 3.15. The molecule has 2 N–H and O–H groups in total. The van der Waals surface area contributed by atoms with Crippen LogP contribution in [0.2, 0.25) is 0 Å². The first kappa shape index (κ1) is 14.8. The number of nitrogens with zero attached hydrogens (tertiary/aromatic N) is 2. The highest BCUT2D eigenvalue weighted by molar-refractivity contribution is 5.92. The zero-order valence-electron chi connectivity index (χ0n) is 12.7. The molecule has 1 aliphatic heterocycles. The normalized spacial score (nSPS) is 21.8. The molecule has 1 fully saturated rings. The lowest BCUT2D eigenvalue weighted by Crippen LogP contribution is -2.47. The number of nitrogens with one attached hydrogen (secondary N) is 1. The van der Waals surface area contributed by atoms with E-state index >= 15 is 0 Å². The quantitative estimate of drug-likeness (QED) is 0.908. The number of imidazole rings is 1. The molecule has 0 spiro atoms. The Morgan fingerprint density at radius 2 is 2.27 bits per heavy atom. The van der Waals surface area contributed by atoms with Gasteiger partial charge in [0.1, 0.15) is 5.69 Å². The van der Waals surface area contributed by atoms with Gasteiger partial charge in [-0.1, -0.05) is 24.3 Å². The number of amides is 1. The lowest BCUT2D eigenvalue weighted by atomic mass is 9.86. The number of carbonyl (C=O) groups excluding carboxylic acids is 1. The fourth-order valence-electron chi connectivity index (χ4n) is 3.07. The van der Waals surface area contributed by atoms with Crippen LogP contribution in [-0.4, -0.2) is 45.1 Å². The number of benzene rings is 1. The van der Waals surface area contributed by atoms with Crippen molar-refractivity contribution in [1.29, 1.82) is 0 Å². The molecule has 2 atom stereocenters. The molecule has 1 aromatic heterocycles. The number of aromatic amines is 1. The number of piperidine rings is 1. The minimum absolute atomic E-state index is 0.0918. The molecule has 0 bridgehead atoms. The Morgan fingerprint density at radius 3 is 2.95 bits per heavy atom. The lowest BCUT2D eigenvalue weighted by Gasteiger charge is -2.36. The van der Waals surface area contributed by atoms with Crippen molar-refractivity contribution in [2.24, 2.45) is 5.92 Å². The highest BCUT2D eigenvalue weighted by atomic mass is 16.3. The molecule has 5 nitrogen and oxygen atoms in total. The van der Waals surface area contributed by atoms with Crippen molar-refractivity contribution in [3.63, 3.8) is 0 Å². The van der Waals surface area contributed by atoms with E-state index in [4.69, 9.17) is 0 Å². The first-order valence-corrected chi connectivity index (χ1v) is 7.65. The van der Waals surface area contributed by atoms with Crippen molar-refractivity contribution in [2.75, 3.05) is 13.1 Å². The average Bonchev–Trinajstić information content (AvgIpc) is 3.05. The van der Waals surface area contributed by atoms with Crippen LogP contribution >= 0.6 is 0 Å². The van der Waals surface area contributed by atoms with Gasteiger partial charge in [-0.25, -0.2) is 4.98 Å². The van der Waals surface area contributed by atoms with Crippen molar-refractivity contribution in [3.05, 3.63) is 53.6 Å². The number of rotatable bonds is 3. The number of H-pyrrole nitrogens is 1. The molecule has 0 aliphatic carbocycles. The number of hydrogen-bond donors (Lipinski definition) is 2. The van der Waals surface area contributed by atoms with Crippen molar-refractivity contribution >= 4 is 5.91 Å². The Kier molecular flexibility index (Phi) is 4.24. The summed E-state index contributed by atoms with van der Waals surface area (Å²) >= 11 is 0. The Hall–Kier alpha value is -2.14. The van der Waals surface area contributed by atoms with Gasteiger partial charge in [0.2, 0.25) is 0 Å². The number of aryl methyl sites for hydroxylation is 1. The summed E-state index contributed by atoms with van der Waals surface area (Å²) in [5, 5.41) is 10.4. The summed E-state index contributed by atoms with van der Waals surface area (Å²) in [7, 11) is 0. The SMILES string of the molecule is Cc1ccccc1C[C@H]1CCN(C(=O)c2cnc[nH]2)C[C@H]1O. The number of carbonyl (C=O) groups is 1. The minimum atomic E-state index is -0.486. The van der Waals surface area contributed by atoms with Crippen LogP contribution in [0.25, 0.3) is 0 Å². The first-order chi connectivity index (χ1) is 10.6. The molecule has 1 aromatic carbocycles. The van der Waals surface area contributed by atoms with Crippen molar-refractivity contribution in [2.45, 2.75) is 25.9 Å². The van der Waals surface area contributed by atoms with Gasteiger partial charge in [-0.05, 0) is 36.8 Å². The number of aliphatic hydroxyl groups excluding tert-OH is 1. The fraction of sp³-hybridized carbons (Fsp3) is 0.412. The third kappa shape index (κ3) is 3.04. The summed E-state index contributed by atoms with van der Waals surface area (Å²) in [6.07, 6.45) is 4.21. The predicted octanol–water partition coefficient (Wildman–Crippen LogP) is 1.78. The summed E-state index contributed by atoms with van der Waals surface area (Å²) < 4.78 is 0. The Bertz CT molecular complexity index is 639. The van der Waals surface area contributed by atoms with Crippen LogP contribution in [0.1, 0.15) is 28.0 Å². The number of likely N-dealkylation sites (tertiary alicyclic amines) is 1. The molecule has 2 aromatic rings. The molecule has 0 saturated carbocycles. The molecule has 1 amide bonds. The summed E-state index contributed by atoms with van der Waals surface area (Å²) in [5.41, 5.74) is 3.01. The van der Waals surface area contributed by atoms with Crippen LogP contribution in [0.4, 0.5) is 0 Å². The Morgan fingerprint density at radius 1 is 1.45 bits per heavy atom. The largest absolute Gasteiger partial charge is 0.391 e. The van der Waals surface area contributed by atoms with Crippen molar-refractivity contribution in [1.82, 2.24) is 14.9 Å². The molecule has 2 heterocycles. The lowest BCUT2D eigenvalue weighted by molar-refractivity contribution is 0.0195. The smallest absolute Gasteiger partial charge is 0.272 e. The van der Waals surface area contributed by atoms with Gasteiger partial charge >= 0.3 is 0 Å². The van der Waals surface area contributed by atoms with E-state index in [1.807, 2.05) is 12.1 Å². The summed E-state index contributed by atoms with van der Waals surface area (Å²) in [5.74, 6) is 0.109. The minimum Gasteiger partial charge on any atom is -0.391 e. The molecule has 1 aliphatic rings. The predicted molar refractivity (Wildman–Crippen MR) is 83.5 cm³/mol. The number of β-amino-alcohol motifs (C(OH)–C–C–N with tert-alkyl or cyclic N) is 1. The molecular weight excluding hydrogens is 278 g/mol. The van der Waals surface area contributed by atoms with Gasteiger partial charge < -0.3 is 15.0 Å². The van der Waals surface area contributed by atoms with E-state index in [1.165, 1.54) is 23.7 Å². The van der Waals surface area contributed by atoms with Crippen LogP contribution in [0.15, 0.2) is 36.8 Å². The second kappa shape index (κ2) is 6.32. The van der Waals surface area contributed by atoms with Gasteiger partial charge in [0, 0.05) is 13.1 Å². The van der Waals surface area contributed by atoms with Gasteiger partial charge in [0.25, 0.3) is 5.91 Å². The van der Waals surface area contributed by atoms with Gasteiger partial charge in [-0.15, -0.1) is 0 Å². The Balaban J connectivity index is 1.63. The third-order valence-electron chi connectivity index (χ3n) is 4.48. The molecule has 1 saturated heterocycles. The first-order valence-electron chi connectivity index (χ1n) is 7.65. The fourth-order valence-corrected chi connectivity index (χ4v) is 3.07. The average molecular weight is 299 g/mol. The molecule has 22 heavy (non-hydrogen) atoms. The van der Waals surface area contributed by atoms with Crippen LogP contribution in [0.3, 0.4) is 0 Å². The number of aliphatic hydroxyl groups is 1. The van der Waals surface area contributed by atoms with E-state index in [2.05, 4.69) is 29.0 Å². The highest BCUT2D eigenvalue weighted by Crippen LogP contribution is 2.24. The maximum absolute atomic E-state index is 12.3. The van der Waals surface area contributed by atoms with Gasteiger partial charge in [0.05, 0.1) is 18.6 Å². The van der Waals surface area contributed by atoms with Gasteiger partial charge in [0.15, 0.2) is 0 Å². The van der Waals surface area contributed by atoms with Crippen LogP contribution < -0.4 is 0 Å². The number of hydrogen-bond acceptors (Lipinski definition) is 3. The third-order valence-corrected chi connectivity index (χ3v) is 4.48. The highest BCUT2D eigenvalue weighted by Gasteiger charge is 2.31. The van der Waals surface area contributed by atoms with Crippen LogP contribution in [0.5, 0.6) is 0 Å². The molecule has 0 radical (unpaired) electrons. The summed E-state index contributed by atoms with van der Waals surface area (Å²) in [6, 6.07) is 8.27. The zero-order chi connectivity index (χ0) is 15.5. The number of aromatic nitrogens is 2. The van der Waals surface area contributed by atoms with Crippen molar-refractivity contribution < 1.29 is 9.90 Å². The van der Waals surface area contributed by atoms with E-state index in [0.29, 0.717) is 18.8 Å². The zero-order valence-corrected chi connectivity index (χ0v) is 12.7. The molecule has 0 unspecified atom stereocenters. The standard InChI is InChI=1S/C17H21N3O2/c1-12-4-2-3-5-13(12)8-14-6-7-20(10-16(14)21)17(22)15-9-18-11-19-15/h2-5,9,11,14,16,21H,6-8,10H2,1H3,(H,18,19)/t14-,16-/m1/s1. The van der Waals surface area contributed by atoms with E-state index in [9.17, 15) is 9.90 Å². The van der Waals surface area contributed by atoms with Gasteiger partial charge in [-0.3, -0.25) is 4.79 Å². The second-order valence-electron chi connectivity index (χ2n) is 5.96. The van der Waals surface area contributed by atoms with E-state index in [1.54, 1.807) is 4.90 Å². The van der Waals surface area contributed by atoms with Gasteiger partial charge in [-0.2, -0.15) is 0 Å². The van der Waals surface area contributed by atoms with E-state index < -0.39 is 6.10 Å². The van der Waals surface area contributed by atoms with E-state index in [-0.39, 0.29) is 11.8 Å². The Labute approximate surface area is 130 Å². The topological polar surface area (TPSA) is 69.2 Å². The van der Waals surface area contributed by atoms with E-state index in [0.717, 1.165) is 12.8 Å². The molecule has 116 valence electrons. The van der Waals surface area contributed by atoms with Crippen LogP contribution in [0, 0.1) is 12.8 Å². The maximum atomic E-state index is 12.3. The molecular formula is C17H21N3O2. The monoisotopic (exact) mass is 299 g/mol. The summed E-state index contributed by atoms with van der Waals surface area (Å²) in [4.78, 5) is 20.7. The second-order valence-corrected chi connectivity index (χ2v) is 5.96.